The van der Waals surface area contributed by atoms with Crippen LogP contribution in [-0.2, 0) is 14.3 Å². The Bertz CT molecular complexity index is 1050. The normalized spacial score (nSPS) is 10.2. The molecule has 6 heteroatoms. The van der Waals surface area contributed by atoms with Crippen LogP contribution in [-0.4, -0.2) is 30.9 Å². The predicted octanol–water partition coefficient (Wildman–Crippen LogP) is 4.12. The molecule has 0 aliphatic carbocycles. The summed E-state index contributed by atoms with van der Waals surface area (Å²) in [6.07, 6.45) is 0. The molecule has 6 nitrogen and oxygen atoms in total. The molecule has 0 heterocycles. The topological polar surface area (TPSA) is 81.7 Å². The summed E-state index contributed by atoms with van der Waals surface area (Å²) < 4.78 is 10.6. The summed E-state index contributed by atoms with van der Waals surface area (Å²) in [5, 5.41) is 2.57. The van der Waals surface area contributed by atoms with Crippen LogP contribution >= 0.6 is 0 Å². The number of carbonyl (C=O) groups excluding carboxylic acids is 3. The van der Waals surface area contributed by atoms with Crippen molar-refractivity contribution in [3.8, 4) is 16.9 Å². The van der Waals surface area contributed by atoms with Gasteiger partial charge in [0.15, 0.2) is 19.0 Å². The second kappa shape index (κ2) is 10.0. The first-order valence-electron chi connectivity index (χ1n) is 9.37. The van der Waals surface area contributed by atoms with Crippen molar-refractivity contribution in [2.45, 2.75) is 6.92 Å². The van der Waals surface area contributed by atoms with E-state index >= 15 is 0 Å². The smallest absolute Gasteiger partial charge is 0.344 e. The highest BCUT2D eigenvalue weighted by molar-refractivity contribution is 6.04. The number of hydrogen-bond donors (Lipinski definition) is 1. The number of ketones is 1. The van der Waals surface area contributed by atoms with Gasteiger partial charge >= 0.3 is 5.97 Å². The summed E-state index contributed by atoms with van der Waals surface area (Å²) in [5.41, 5.74) is 2.58. The van der Waals surface area contributed by atoms with Gasteiger partial charge in [-0.25, -0.2) is 4.79 Å². The van der Waals surface area contributed by atoms with Crippen LogP contribution in [0.25, 0.3) is 11.1 Å². The Hall–Kier alpha value is -3.93. The van der Waals surface area contributed by atoms with E-state index in [-0.39, 0.29) is 12.4 Å². The third kappa shape index (κ3) is 5.54. The van der Waals surface area contributed by atoms with E-state index in [0.717, 1.165) is 11.1 Å². The summed E-state index contributed by atoms with van der Waals surface area (Å²) in [6, 6.07) is 23.6. The highest BCUT2D eigenvalue weighted by Crippen LogP contribution is 2.29. The molecule has 0 unspecified atom stereocenters. The first-order valence-corrected chi connectivity index (χ1v) is 9.37. The Balaban J connectivity index is 1.53. The molecule has 3 aromatic carbocycles. The van der Waals surface area contributed by atoms with E-state index in [1.807, 2.05) is 48.5 Å². The molecule has 0 atom stereocenters. The Morgan fingerprint density at radius 3 is 2.23 bits per heavy atom. The molecule has 0 saturated heterocycles. The van der Waals surface area contributed by atoms with Gasteiger partial charge < -0.3 is 14.8 Å². The average molecular weight is 403 g/mol. The number of benzene rings is 3. The summed E-state index contributed by atoms with van der Waals surface area (Å²) in [5.74, 6) is -0.844. The van der Waals surface area contributed by atoms with Gasteiger partial charge in [0.25, 0.3) is 5.91 Å². The zero-order valence-electron chi connectivity index (χ0n) is 16.5. The zero-order valence-corrected chi connectivity index (χ0v) is 16.5. The molecule has 0 radical (unpaired) electrons. The number of amides is 1. The summed E-state index contributed by atoms with van der Waals surface area (Å²) >= 11 is 0. The lowest BCUT2D eigenvalue weighted by molar-refractivity contribution is -0.149. The Labute approximate surface area is 174 Å². The van der Waals surface area contributed by atoms with Crippen molar-refractivity contribution in [2.24, 2.45) is 0 Å². The van der Waals surface area contributed by atoms with E-state index in [1.165, 1.54) is 6.92 Å². The number of esters is 1. The predicted molar refractivity (Wildman–Crippen MR) is 113 cm³/mol. The largest absolute Gasteiger partial charge is 0.481 e. The van der Waals surface area contributed by atoms with Crippen LogP contribution in [0.5, 0.6) is 5.75 Å². The van der Waals surface area contributed by atoms with Crippen LogP contribution in [0.2, 0.25) is 0 Å². The van der Waals surface area contributed by atoms with Crippen LogP contribution in [0, 0.1) is 0 Å². The van der Waals surface area contributed by atoms with Gasteiger partial charge in [-0.05, 0) is 30.7 Å². The van der Waals surface area contributed by atoms with Crippen LogP contribution in [0.3, 0.4) is 0 Å². The van der Waals surface area contributed by atoms with Crippen LogP contribution < -0.4 is 10.1 Å². The molecule has 1 amide bonds. The van der Waals surface area contributed by atoms with E-state index in [9.17, 15) is 14.4 Å². The number of nitrogens with one attached hydrogen (secondary N) is 1. The number of rotatable bonds is 8. The molecular weight excluding hydrogens is 382 g/mol. The SMILES string of the molecule is CC(=O)c1ccccc1NC(=O)COC(=O)COc1ccccc1-c1ccccc1. The van der Waals surface area contributed by atoms with E-state index in [0.29, 0.717) is 17.0 Å². The lowest BCUT2D eigenvalue weighted by Gasteiger charge is -2.12. The number of carbonyl (C=O) groups is 3. The van der Waals surface area contributed by atoms with E-state index in [1.54, 1.807) is 30.3 Å². The summed E-state index contributed by atoms with van der Waals surface area (Å²) in [7, 11) is 0. The van der Waals surface area contributed by atoms with Gasteiger partial charge in [0.05, 0.1) is 5.69 Å². The number of ether oxygens (including phenoxy) is 2. The Morgan fingerprint density at radius 2 is 1.47 bits per heavy atom. The van der Waals surface area contributed by atoms with E-state index in [4.69, 9.17) is 9.47 Å². The minimum absolute atomic E-state index is 0.173. The second-order valence-corrected chi connectivity index (χ2v) is 6.46. The van der Waals surface area contributed by atoms with Gasteiger partial charge in [-0.15, -0.1) is 0 Å². The highest BCUT2D eigenvalue weighted by Gasteiger charge is 2.13. The van der Waals surface area contributed by atoms with Gasteiger partial charge in [-0.3, -0.25) is 9.59 Å². The Kier molecular flexibility index (Phi) is 6.95. The molecule has 30 heavy (non-hydrogen) atoms. The zero-order chi connectivity index (χ0) is 21.3. The van der Waals surface area contributed by atoms with E-state index in [2.05, 4.69) is 5.32 Å². The minimum atomic E-state index is -0.673. The molecule has 3 aromatic rings. The lowest BCUT2D eigenvalue weighted by Crippen LogP contribution is -2.24. The van der Waals surface area contributed by atoms with Crippen molar-refractivity contribution < 1.29 is 23.9 Å². The van der Waals surface area contributed by atoms with Crippen molar-refractivity contribution in [1.29, 1.82) is 0 Å². The number of Topliss-reactive ketones (excluding diaryl/α,β-unsaturated/α-hetero) is 1. The van der Waals surface area contributed by atoms with Crippen molar-refractivity contribution in [2.75, 3.05) is 18.5 Å². The van der Waals surface area contributed by atoms with Crippen LogP contribution in [0.1, 0.15) is 17.3 Å². The average Bonchev–Trinajstić information content (AvgIpc) is 2.77. The maximum absolute atomic E-state index is 12.1. The molecule has 3 rings (SSSR count). The van der Waals surface area contributed by atoms with Gasteiger partial charge in [0, 0.05) is 11.1 Å². The maximum Gasteiger partial charge on any atom is 0.344 e. The first kappa shape index (κ1) is 20.8. The highest BCUT2D eigenvalue weighted by atomic mass is 16.6. The monoisotopic (exact) mass is 403 g/mol. The van der Waals surface area contributed by atoms with Crippen molar-refractivity contribution in [3.63, 3.8) is 0 Å². The third-order valence-electron chi connectivity index (χ3n) is 4.26. The molecule has 0 aliphatic rings. The van der Waals surface area contributed by atoms with Gasteiger partial charge in [-0.1, -0.05) is 60.7 Å². The molecule has 152 valence electrons. The number of hydrogen-bond acceptors (Lipinski definition) is 5. The molecule has 1 N–H and O–H groups in total. The Morgan fingerprint density at radius 1 is 0.800 bits per heavy atom. The number of para-hydroxylation sites is 2. The fourth-order valence-electron chi connectivity index (χ4n) is 2.86. The lowest BCUT2D eigenvalue weighted by atomic mass is 10.1. The molecule has 0 bridgehead atoms. The molecule has 0 fully saturated rings. The van der Waals surface area contributed by atoms with Crippen molar-refractivity contribution in [3.05, 3.63) is 84.4 Å². The van der Waals surface area contributed by atoms with Gasteiger partial charge in [0.1, 0.15) is 5.75 Å². The molecule has 0 spiro atoms. The summed E-state index contributed by atoms with van der Waals surface area (Å²) in [4.78, 5) is 35.7. The molecular formula is C24H21NO5. The standard InChI is InChI=1S/C24H21NO5/c1-17(26)19-11-5-7-13-21(19)25-23(27)15-30-24(28)16-29-22-14-8-6-12-20(22)18-9-3-2-4-10-18/h2-14H,15-16H2,1H3,(H,25,27). The minimum Gasteiger partial charge on any atom is -0.481 e. The van der Waals surface area contributed by atoms with Crippen LogP contribution in [0.4, 0.5) is 5.69 Å². The van der Waals surface area contributed by atoms with E-state index < -0.39 is 18.5 Å². The van der Waals surface area contributed by atoms with Crippen LogP contribution in [0.15, 0.2) is 78.9 Å². The van der Waals surface area contributed by atoms with Gasteiger partial charge in [-0.2, -0.15) is 0 Å². The van der Waals surface area contributed by atoms with Crippen molar-refractivity contribution >= 4 is 23.3 Å². The fraction of sp³-hybridized carbons (Fsp3) is 0.125. The van der Waals surface area contributed by atoms with Gasteiger partial charge in [0.2, 0.25) is 0 Å². The number of anilines is 1. The quantitative estimate of drug-likeness (QED) is 0.452. The summed E-state index contributed by atoms with van der Waals surface area (Å²) in [6.45, 7) is 0.603. The first-order chi connectivity index (χ1) is 14.5. The molecule has 0 saturated carbocycles. The third-order valence-corrected chi connectivity index (χ3v) is 4.26. The molecule has 0 aromatic heterocycles. The van der Waals surface area contributed by atoms with Crippen molar-refractivity contribution in [1.82, 2.24) is 0 Å². The fourth-order valence-corrected chi connectivity index (χ4v) is 2.86. The molecule has 0 aliphatic heterocycles. The second-order valence-electron chi connectivity index (χ2n) is 6.46. The maximum atomic E-state index is 12.1.